The highest BCUT2D eigenvalue weighted by Gasteiger charge is 2.22. The summed E-state index contributed by atoms with van der Waals surface area (Å²) in [5.41, 5.74) is 0.928. The molecule has 1 aromatic heterocycles. The van der Waals surface area contributed by atoms with Crippen molar-refractivity contribution in [2.45, 2.75) is 19.6 Å². The highest BCUT2D eigenvalue weighted by molar-refractivity contribution is 8.12. The maximum atomic E-state index is 12.2. The van der Waals surface area contributed by atoms with Crippen LogP contribution in [0.4, 0.5) is 0 Å². The normalized spacial score (nSPS) is 10.6. The van der Waals surface area contributed by atoms with E-state index in [1.54, 1.807) is 32.2 Å². The van der Waals surface area contributed by atoms with E-state index in [2.05, 4.69) is 0 Å². The molecular formula is C15H16O5S. The molecule has 2 rings (SSSR count). The van der Waals surface area contributed by atoms with Crippen LogP contribution in [-0.2, 0) is 15.3 Å². The summed E-state index contributed by atoms with van der Waals surface area (Å²) in [6, 6.07) is 5.22. The highest BCUT2D eigenvalue weighted by atomic mass is 32.2. The first-order valence-corrected chi connectivity index (χ1v) is 7.45. The molecule has 0 amide bonds. The molecule has 0 bridgehead atoms. The molecule has 0 unspecified atom stereocenters. The topological polar surface area (TPSA) is 65.7 Å². The maximum Gasteiger partial charge on any atom is 0.342 e. The third kappa shape index (κ3) is 3.39. The Balaban J connectivity index is 2.52. The minimum Gasteiger partial charge on any atom is -0.497 e. The predicted octanol–water partition coefficient (Wildman–Crippen LogP) is 3.40. The van der Waals surface area contributed by atoms with Gasteiger partial charge in [-0.05, 0) is 25.1 Å². The monoisotopic (exact) mass is 308 g/mol. The standard InChI is InChI=1S/C15H16O5S/c1-4-19-15(17)14-11-7-10(18-3)5-6-12(11)20-13(14)8-21-9(2)16/h5-7H,4,8H2,1-3H3. The summed E-state index contributed by atoms with van der Waals surface area (Å²) in [6.07, 6.45) is 0. The van der Waals surface area contributed by atoms with Crippen LogP contribution in [0.15, 0.2) is 22.6 Å². The van der Waals surface area contributed by atoms with Gasteiger partial charge >= 0.3 is 5.97 Å². The molecule has 5 nitrogen and oxygen atoms in total. The Hall–Kier alpha value is -1.95. The van der Waals surface area contributed by atoms with Gasteiger partial charge in [0.2, 0.25) is 0 Å². The Morgan fingerprint density at radius 3 is 2.71 bits per heavy atom. The molecule has 21 heavy (non-hydrogen) atoms. The first-order chi connectivity index (χ1) is 10.1. The van der Waals surface area contributed by atoms with Crippen LogP contribution < -0.4 is 4.74 Å². The van der Waals surface area contributed by atoms with E-state index in [-0.39, 0.29) is 11.7 Å². The molecule has 0 atom stereocenters. The van der Waals surface area contributed by atoms with Crippen molar-refractivity contribution in [3.8, 4) is 5.75 Å². The summed E-state index contributed by atoms with van der Waals surface area (Å²) < 4.78 is 15.9. The molecule has 2 aromatic rings. The molecule has 0 N–H and O–H groups in total. The molecule has 1 aromatic carbocycles. The lowest BCUT2D eigenvalue weighted by molar-refractivity contribution is -0.109. The van der Waals surface area contributed by atoms with Crippen LogP contribution in [0, 0.1) is 0 Å². The smallest absolute Gasteiger partial charge is 0.342 e. The number of esters is 1. The number of methoxy groups -OCH3 is 1. The zero-order chi connectivity index (χ0) is 15.4. The van der Waals surface area contributed by atoms with Gasteiger partial charge in [0.1, 0.15) is 22.7 Å². The van der Waals surface area contributed by atoms with E-state index in [4.69, 9.17) is 13.9 Å². The fraction of sp³-hybridized carbons (Fsp3) is 0.333. The summed E-state index contributed by atoms with van der Waals surface area (Å²) >= 11 is 1.09. The number of rotatable bonds is 5. The number of benzene rings is 1. The molecule has 0 radical (unpaired) electrons. The first-order valence-electron chi connectivity index (χ1n) is 6.46. The lowest BCUT2D eigenvalue weighted by atomic mass is 10.1. The second-order valence-corrected chi connectivity index (χ2v) is 5.42. The zero-order valence-electron chi connectivity index (χ0n) is 12.1. The van der Waals surface area contributed by atoms with Crippen LogP contribution in [-0.4, -0.2) is 24.8 Å². The molecule has 0 saturated carbocycles. The number of thioether (sulfide) groups is 1. The first kappa shape index (κ1) is 15.4. The average molecular weight is 308 g/mol. The minimum absolute atomic E-state index is 0.0390. The second-order valence-electron chi connectivity index (χ2n) is 4.26. The van der Waals surface area contributed by atoms with Gasteiger partial charge in [-0.25, -0.2) is 4.79 Å². The number of hydrogen-bond acceptors (Lipinski definition) is 6. The Morgan fingerprint density at radius 1 is 1.33 bits per heavy atom. The van der Waals surface area contributed by atoms with Crippen LogP contribution in [0.5, 0.6) is 5.75 Å². The van der Waals surface area contributed by atoms with Gasteiger partial charge in [-0.3, -0.25) is 4.79 Å². The number of carbonyl (C=O) groups excluding carboxylic acids is 2. The van der Waals surface area contributed by atoms with Crippen LogP contribution >= 0.6 is 11.8 Å². The van der Waals surface area contributed by atoms with Crippen molar-refractivity contribution in [3.05, 3.63) is 29.5 Å². The van der Waals surface area contributed by atoms with Crippen molar-refractivity contribution in [2.75, 3.05) is 13.7 Å². The fourth-order valence-corrected chi connectivity index (χ4v) is 2.49. The van der Waals surface area contributed by atoms with Crippen LogP contribution in [0.25, 0.3) is 11.0 Å². The van der Waals surface area contributed by atoms with Crippen LogP contribution in [0.2, 0.25) is 0 Å². The Morgan fingerprint density at radius 2 is 2.10 bits per heavy atom. The second kappa shape index (κ2) is 6.67. The van der Waals surface area contributed by atoms with E-state index in [0.29, 0.717) is 33.8 Å². The molecule has 0 saturated heterocycles. The Labute approximate surface area is 126 Å². The SMILES string of the molecule is CCOC(=O)c1c(CSC(C)=O)oc2ccc(OC)cc12. The maximum absolute atomic E-state index is 12.2. The molecular weight excluding hydrogens is 292 g/mol. The zero-order valence-corrected chi connectivity index (χ0v) is 12.9. The molecule has 1 heterocycles. The van der Waals surface area contributed by atoms with Gasteiger partial charge < -0.3 is 13.9 Å². The van der Waals surface area contributed by atoms with Crippen LogP contribution in [0.3, 0.4) is 0 Å². The number of hydrogen-bond donors (Lipinski definition) is 0. The number of fused-ring (bicyclic) bond motifs is 1. The Kier molecular flexibility index (Phi) is 4.90. The lowest BCUT2D eigenvalue weighted by Crippen LogP contribution is -2.06. The van der Waals surface area contributed by atoms with Gasteiger partial charge in [-0.2, -0.15) is 0 Å². The van der Waals surface area contributed by atoms with Crippen molar-refractivity contribution >= 4 is 33.8 Å². The summed E-state index contributed by atoms with van der Waals surface area (Å²) in [6.45, 7) is 3.49. The Bertz CT molecular complexity index is 674. The van der Waals surface area contributed by atoms with Crippen molar-refractivity contribution in [1.29, 1.82) is 0 Å². The molecule has 0 aliphatic rings. The van der Waals surface area contributed by atoms with E-state index in [1.807, 2.05) is 0 Å². The predicted molar refractivity (Wildman–Crippen MR) is 80.7 cm³/mol. The van der Waals surface area contributed by atoms with Gasteiger partial charge in [0.15, 0.2) is 5.12 Å². The number of ether oxygens (including phenoxy) is 2. The summed E-state index contributed by atoms with van der Waals surface area (Å²) in [5, 5.41) is 0.592. The molecule has 0 fully saturated rings. The third-order valence-electron chi connectivity index (χ3n) is 2.85. The van der Waals surface area contributed by atoms with E-state index in [9.17, 15) is 9.59 Å². The van der Waals surface area contributed by atoms with Crippen molar-refractivity contribution < 1.29 is 23.5 Å². The molecule has 0 aliphatic carbocycles. The van der Waals surface area contributed by atoms with E-state index in [0.717, 1.165) is 11.8 Å². The lowest BCUT2D eigenvalue weighted by Gasteiger charge is -2.03. The third-order valence-corrected chi connectivity index (χ3v) is 3.67. The van der Waals surface area contributed by atoms with E-state index >= 15 is 0 Å². The van der Waals surface area contributed by atoms with Gasteiger partial charge in [-0.1, -0.05) is 11.8 Å². The summed E-state index contributed by atoms with van der Waals surface area (Å²) in [7, 11) is 1.55. The molecule has 6 heteroatoms. The quantitative estimate of drug-likeness (QED) is 0.789. The molecule has 112 valence electrons. The van der Waals surface area contributed by atoms with Crippen molar-refractivity contribution in [3.63, 3.8) is 0 Å². The average Bonchev–Trinajstić information content (AvgIpc) is 2.82. The van der Waals surface area contributed by atoms with Gasteiger partial charge in [-0.15, -0.1) is 0 Å². The largest absolute Gasteiger partial charge is 0.497 e. The van der Waals surface area contributed by atoms with E-state index < -0.39 is 5.97 Å². The summed E-state index contributed by atoms with van der Waals surface area (Å²) in [5.74, 6) is 0.903. The molecule has 0 aliphatic heterocycles. The van der Waals surface area contributed by atoms with E-state index in [1.165, 1.54) is 6.92 Å². The van der Waals surface area contributed by atoms with Gasteiger partial charge in [0, 0.05) is 12.3 Å². The highest BCUT2D eigenvalue weighted by Crippen LogP contribution is 2.32. The fourth-order valence-electron chi connectivity index (χ4n) is 1.95. The van der Waals surface area contributed by atoms with Gasteiger partial charge in [0.25, 0.3) is 0 Å². The van der Waals surface area contributed by atoms with Crippen molar-refractivity contribution in [2.24, 2.45) is 0 Å². The van der Waals surface area contributed by atoms with Gasteiger partial charge in [0.05, 0.1) is 19.5 Å². The number of carbonyl (C=O) groups is 2. The number of furan rings is 1. The molecule has 0 spiro atoms. The summed E-state index contributed by atoms with van der Waals surface area (Å²) in [4.78, 5) is 23.3. The van der Waals surface area contributed by atoms with Crippen molar-refractivity contribution in [1.82, 2.24) is 0 Å². The van der Waals surface area contributed by atoms with Crippen LogP contribution in [0.1, 0.15) is 30.0 Å². The minimum atomic E-state index is -0.455.